The normalized spacial score (nSPS) is 13.6. The Morgan fingerprint density at radius 2 is 1.94 bits per heavy atom. The number of alkyl halides is 2. The van der Waals surface area contributed by atoms with Gasteiger partial charge in [-0.3, -0.25) is 4.79 Å². The van der Waals surface area contributed by atoms with Crippen LogP contribution in [0.3, 0.4) is 0 Å². The Morgan fingerprint density at radius 1 is 1.19 bits per heavy atom. The fraction of sp³-hybridized carbons (Fsp3) is 0.348. The number of anilines is 1. The van der Waals surface area contributed by atoms with E-state index in [4.69, 9.17) is 0 Å². The van der Waals surface area contributed by atoms with Crippen LogP contribution in [-0.4, -0.2) is 38.3 Å². The van der Waals surface area contributed by atoms with Crippen LogP contribution in [0.2, 0.25) is 0 Å². The van der Waals surface area contributed by atoms with E-state index in [9.17, 15) is 22.0 Å². The van der Waals surface area contributed by atoms with E-state index >= 15 is 0 Å². The van der Waals surface area contributed by atoms with Gasteiger partial charge in [-0.2, -0.15) is 13.1 Å². The first kappa shape index (κ1) is 23.9. The number of rotatable bonds is 9. The number of fused-ring (bicyclic) bond motifs is 1. The van der Waals surface area contributed by atoms with Gasteiger partial charge in [-0.1, -0.05) is 31.2 Å². The second-order valence-electron chi connectivity index (χ2n) is 7.55. The molecule has 2 aromatic carbocycles. The molecule has 2 aromatic rings. The minimum atomic E-state index is -3.87. The van der Waals surface area contributed by atoms with Crippen LogP contribution in [-0.2, 0) is 21.2 Å². The molecular formula is C23H26F2N2O4S. The highest BCUT2D eigenvalue weighted by Crippen LogP contribution is 2.31. The Balaban J connectivity index is 1.79. The van der Waals surface area contributed by atoms with Gasteiger partial charge >= 0.3 is 6.61 Å². The number of para-hydroxylation sites is 1. The number of halogens is 2. The Kier molecular flexibility index (Phi) is 7.63. The van der Waals surface area contributed by atoms with E-state index in [-0.39, 0.29) is 30.2 Å². The first-order valence-electron chi connectivity index (χ1n) is 10.3. The van der Waals surface area contributed by atoms with Gasteiger partial charge < -0.3 is 10.1 Å². The number of aryl methyl sites for hydroxylation is 2. The maximum absolute atomic E-state index is 13.3. The first-order valence-corrected chi connectivity index (χ1v) is 11.8. The van der Waals surface area contributed by atoms with Crippen LogP contribution in [0, 0.1) is 6.92 Å². The van der Waals surface area contributed by atoms with Gasteiger partial charge in [-0.25, -0.2) is 8.42 Å². The van der Waals surface area contributed by atoms with Gasteiger partial charge in [0, 0.05) is 12.2 Å². The van der Waals surface area contributed by atoms with Crippen molar-refractivity contribution in [2.24, 2.45) is 0 Å². The SMILES string of the molecule is CCCN(CC(=O)Nc1ccccc1C)S(=O)(=O)C1=Cc2ccc(OC(F)F)cc2CC1. The number of nitrogens with zero attached hydrogens (tertiary/aromatic N) is 1. The van der Waals surface area contributed by atoms with Crippen molar-refractivity contribution in [2.45, 2.75) is 39.7 Å². The van der Waals surface area contributed by atoms with E-state index in [1.165, 1.54) is 16.4 Å². The zero-order valence-corrected chi connectivity index (χ0v) is 18.8. The maximum Gasteiger partial charge on any atom is 0.387 e. The van der Waals surface area contributed by atoms with Crippen LogP contribution in [0.1, 0.15) is 36.5 Å². The van der Waals surface area contributed by atoms with Crippen molar-refractivity contribution in [1.82, 2.24) is 4.31 Å². The average Bonchev–Trinajstić information content (AvgIpc) is 2.74. The van der Waals surface area contributed by atoms with E-state index in [2.05, 4.69) is 10.1 Å². The summed E-state index contributed by atoms with van der Waals surface area (Å²) in [5.41, 5.74) is 2.89. The van der Waals surface area contributed by atoms with E-state index in [0.717, 1.165) is 11.1 Å². The van der Waals surface area contributed by atoms with E-state index < -0.39 is 22.5 Å². The van der Waals surface area contributed by atoms with Crippen molar-refractivity contribution >= 4 is 27.7 Å². The third kappa shape index (κ3) is 5.72. The van der Waals surface area contributed by atoms with E-state index in [1.54, 1.807) is 24.3 Å². The predicted molar refractivity (Wildman–Crippen MR) is 120 cm³/mol. The molecule has 0 unspecified atom stereocenters. The molecule has 0 saturated heterocycles. The molecule has 0 aliphatic heterocycles. The number of allylic oxidation sites excluding steroid dienone is 1. The summed E-state index contributed by atoms with van der Waals surface area (Å²) in [4.78, 5) is 12.8. The monoisotopic (exact) mass is 464 g/mol. The zero-order valence-electron chi connectivity index (χ0n) is 18.0. The number of ether oxygens (including phenoxy) is 1. The molecule has 6 nitrogen and oxygen atoms in total. The summed E-state index contributed by atoms with van der Waals surface area (Å²) in [6, 6.07) is 11.7. The standard InChI is InChI=1S/C23H26F2N2O4S/c1-3-12-27(15-22(28)26-21-7-5-4-6-16(21)2)32(29,30)20-11-9-17-13-19(31-23(24)25)10-8-18(17)14-20/h4-8,10,13-14,23H,3,9,11-12,15H2,1-2H3,(H,26,28). The fourth-order valence-electron chi connectivity index (χ4n) is 3.59. The summed E-state index contributed by atoms with van der Waals surface area (Å²) in [6.07, 6.45) is 2.68. The molecule has 0 radical (unpaired) electrons. The average molecular weight is 465 g/mol. The summed E-state index contributed by atoms with van der Waals surface area (Å²) >= 11 is 0. The van der Waals surface area contributed by atoms with Gasteiger partial charge in [0.2, 0.25) is 15.9 Å². The molecule has 0 saturated carbocycles. The quantitative estimate of drug-likeness (QED) is 0.590. The van der Waals surface area contributed by atoms with E-state index in [0.29, 0.717) is 24.1 Å². The number of nitrogens with one attached hydrogen (secondary N) is 1. The molecule has 1 amide bonds. The van der Waals surface area contributed by atoms with Crippen molar-refractivity contribution < 1.29 is 26.7 Å². The number of carbonyl (C=O) groups is 1. The molecule has 0 spiro atoms. The minimum absolute atomic E-state index is 0.0407. The number of benzene rings is 2. The second-order valence-corrected chi connectivity index (χ2v) is 9.54. The molecule has 32 heavy (non-hydrogen) atoms. The lowest BCUT2D eigenvalue weighted by molar-refractivity contribution is -0.116. The molecule has 0 aromatic heterocycles. The third-order valence-electron chi connectivity index (χ3n) is 5.18. The highest BCUT2D eigenvalue weighted by molar-refractivity contribution is 7.93. The maximum atomic E-state index is 13.3. The van der Waals surface area contributed by atoms with Crippen LogP contribution in [0.4, 0.5) is 14.5 Å². The van der Waals surface area contributed by atoms with Crippen LogP contribution in [0.5, 0.6) is 5.75 Å². The first-order chi connectivity index (χ1) is 15.2. The van der Waals surface area contributed by atoms with Crippen molar-refractivity contribution in [2.75, 3.05) is 18.4 Å². The smallest absolute Gasteiger partial charge is 0.387 e. The molecular weight excluding hydrogens is 438 g/mol. The molecule has 3 rings (SSSR count). The highest BCUT2D eigenvalue weighted by Gasteiger charge is 2.30. The molecule has 0 bridgehead atoms. The Hall–Kier alpha value is -2.78. The molecule has 1 aliphatic rings. The van der Waals surface area contributed by atoms with Gasteiger partial charge in [0.1, 0.15) is 5.75 Å². The molecule has 172 valence electrons. The van der Waals surface area contributed by atoms with Gasteiger partial charge in [0.25, 0.3) is 0 Å². The second kappa shape index (κ2) is 10.2. The van der Waals surface area contributed by atoms with Crippen molar-refractivity contribution in [3.63, 3.8) is 0 Å². The third-order valence-corrected chi connectivity index (χ3v) is 7.16. The largest absolute Gasteiger partial charge is 0.435 e. The molecule has 0 heterocycles. The molecule has 0 fully saturated rings. The lowest BCUT2D eigenvalue weighted by Gasteiger charge is -2.25. The lowest BCUT2D eigenvalue weighted by Crippen LogP contribution is -2.39. The number of hydrogen-bond acceptors (Lipinski definition) is 4. The van der Waals surface area contributed by atoms with Gasteiger partial charge in [0.05, 0.1) is 11.4 Å². The van der Waals surface area contributed by atoms with Crippen LogP contribution in [0.25, 0.3) is 6.08 Å². The van der Waals surface area contributed by atoms with Gasteiger partial charge in [-0.15, -0.1) is 0 Å². The number of amides is 1. The zero-order chi connectivity index (χ0) is 23.3. The number of hydrogen-bond donors (Lipinski definition) is 1. The Labute approximate surface area is 186 Å². The summed E-state index contributed by atoms with van der Waals surface area (Å²) < 4.78 is 57.1. The van der Waals surface area contributed by atoms with Crippen molar-refractivity contribution in [3.05, 3.63) is 64.1 Å². The molecule has 0 atom stereocenters. The lowest BCUT2D eigenvalue weighted by atomic mass is 9.97. The van der Waals surface area contributed by atoms with Gasteiger partial charge in [-0.05, 0) is 67.2 Å². The summed E-state index contributed by atoms with van der Waals surface area (Å²) in [5, 5.41) is 2.77. The summed E-state index contributed by atoms with van der Waals surface area (Å²) in [7, 11) is -3.87. The van der Waals surface area contributed by atoms with E-state index in [1.807, 2.05) is 26.0 Å². The number of carbonyl (C=O) groups excluding carboxylic acids is 1. The molecule has 1 N–H and O–H groups in total. The Bertz CT molecular complexity index is 1120. The minimum Gasteiger partial charge on any atom is -0.435 e. The highest BCUT2D eigenvalue weighted by atomic mass is 32.2. The summed E-state index contributed by atoms with van der Waals surface area (Å²) in [5.74, 6) is -0.374. The van der Waals surface area contributed by atoms with Gasteiger partial charge in [0.15, 0.2) is 0 Å². The predicted octanol–water partition coefficient (Wildman–Crippen LogP) is 4.56. The summed E-state index contributed by atoms with van der Waals surface area (Å²) in [6.45, 7) is 0.691. The Morgan fingerprint density at radius 3 is 2.62 bits per heavy atom. The van der Waals surface area contributed by atoms with Crippen LogP contribution >= 0.6 is 0 Å². The van der Waals surface area contributed by atoms with Crippen molar-refractivity contribution in [1.29, 1.82) is 0 Å². The number of sulfonamides is 1. The van der Waals surface area contributed by atoms with Crippen LogP contribution < -0.4 is 10.1 Å². The molecule has 9 heteroatoms. The molecule has 1 aliphatic carbocycles. The van der Waals surface area contributed by atoms with Crippen LogP contribution in [0.15, 0.2) is 47.4 Å². The topological polar surface area (TPSA) is 75.7 Å². The fourth-order valence-corrected chi connectivity index (χ4v) is 5.26. The van der Waals surface area contributed by atoms with Crippen molar-refractivity contribution in [3.8, 4) is 5.75 Å².